The van der Waals surface area contributed by atoms with Crippen molar-refractivity contribution in [1.82, 2.24) is 5.32 Å². The lowest BCUT2D eigenvalue weighted by Crippen LogP contribution is -2.39. The fourth-order valence-electron chi connectivity index (χ4n) is 1.64. The Morgan fingerprint density at radius 3 is 2.29 bits per heavy atom. The topological polar surface area (TPSA) is 12.0 Å². The van der Waals surface area contributed by atoms with E-state index in [4.69, 9.17) is 0 Å². The molecule has 0 aromatic heterocycles. The van der Waals surface area contributed by atoms with Gasteiger partial charge in [0.15, 0.2) is 0 Å². The van der Waals surface area contributed by atoms with Crippen LogP contribution < -0.4 is 5.32 Å². The first-order chi connectivity index (χ1) is 6.73. The van der Waals surface area contributed by atoms with Gasteiger partial charge >= 0.3 is 0 Å². The summed E-state index contributed by atoms with van der Waals surface area (Å²) < 4.78 is 0. The number of hydrogen-bond acceptors (Lipinski definition) is 1. The molecule has 0 radical (unpaired) electrons. The zero-order valence-corrected chi connectivity index (χ0v) is 9.51. The average Bonchev–Trinajstić information content (AvgIpc) is 2.27. The van der Waals surface area contributed by atoms with E-state index in [-0.39, 0.29) is 5.54 Å². The van der Waals surface area contributed by atoms with E-state index in [1.54, 1.807) is 0 Å². The Bertz CT molecular complexity index is 255. The Hall–Kier alpha value is -0.820. The first-order valence-electron chi connectivity index (χ1n) is 5.53. The van der Waals surface area contributed by atoms with Crippen molar-refractivity contribution in [1.29, 1.82) is 0 Å². The van der Waals surface area contributed by atoms with Crippen molar-refractivity contribution in [3.05, 3.63) is 35.9 Å². The van der Waals surface area contributed by atoms with Crippen LogP contribution in [0.5, 0.6) is 0 Å². The van der Waals surface area contributed by atoms with E-state index in [0.29, 0.717) is 0 Å². The fraction of sp³-hybridized carbons (Fsp3) is 0.538. The summed E-state index contributed by atoms with van der Waals surface area (Å²) in [7, 11) is 0. The lowest BCUT2D eigenvalue weighted by molar-refractivity contribution is 0.354. The van der Waals surface area contributed by atoms with Crippen molar-refractivity contribution >= 4 is 0 Å². The summed E-state index contributed by atoms with van der Waals surface area (Å²) >= 11 is 0. The lowest BCUT2D eigenvalue weighted by Gasteiger charge is -2.30. The Balaban J connectivity index is 2.79. The summed E-state index contributed by atoms with van der Waals surface area (Å²) in [5, 5.41) is 3.61. The van der Waals surface area contributed by atoms with Crippen LogP contribution in [-0.2, 0) is 5.54 Å². The highest BCUT2D eigenvalue weighted by Gasteiger charge is 2.22. The van der Waals surface area contributed by atoms with Crippen molar-refractivity contribution in [3.63, 3.8) is 0 Å². The molecule has 1 aromatic carbocycles. The highest BCUT2D eigenvalue weighted by atomic mass is 15.0. The Morgan fingerprint density at radius 2 is 1.79 bits per heavy atom. The van der Waals surface area contributed by atoms with Crippen LogP contribution in [0.15, 0.2) is 30.3 Å². The van der Waals surface area contributed by atoms with Gasteiger partial charge in [-0.25, -0.2) is 0 Å². The SMILES string of the molecule is CCCNC(C)(CC)c1ccccc1. The van der Waals surface area contributed by atoms with Crippen LogP contribution in [0.25, 0.3) is 0 Å². The lowest BCUT2D eigenvalue weighted by atomic mass is 9.89. The molecule has 0 amide bonds. The van der Waals surface area contributed by atoms with Gasteiger partial charge in [0, 0.05) is 5.54 Å². The molecule has 0 bridgehead atoms. The molecular weight excluding hydrogens is 170 g/mol. The highest BCUT2D eigenvalue weighted by molar-refractivity contribution is 5.23. The third-order valence-corrected chi connectivity index (χ3v) is 2.88. The molecule has 1 aromatic rings. The van der Waals surface area contributed by atoms with Crippen LogP contribution in [0.3, 0.4) is 0 Å². The third-order valence-electron chi connectivity index (χ3n) is 2.88. The normalized spacial score (nSPS) is 15.1. The van der Waals surface area contributed by atoms with Gasteiger partial charge in [0.05, 0.1) is 0 Å². The molecular formula is C13H21N. The Kier molecular flexibility index (Phi) is 4.15. The van der Waals surface area contributed by atoms with Crippen LogP contribution in [0.4, 0.5) is 0 Å². The molecule has 1 atom stereocenters. The van der Waals surface area contributed by atoms with Crippen molar-refractivity contribution in [2.45, 2.75) is 39.2 Å². The van der Waals surface area contributed by atoms with E-state index >= 15 is 0 Å². The third kappa shape index (κ3) is 2.58. The molecule has 1 N–H and O–H groups in total. The van der Waals surface area contributed by atoms with Crippen LogP contribution in [0, 0.1) is 0 Å². The smallest absolute Gasteiger partial charge is 0.0403 e. The van der Waals surface area contributed by atoms with Gasteiger partial charge in [-0.05, 0) is 31.9 Å². The molecule has 0 aliphatic rings. The minimum Gasteiger partial charge on any atom is -0.308 e. The van der Waals surface area contributed by atoms with Crippen molar-refractivity contribution in [3.8, 4) is 0 Å². The molecule has 78 valence electrons. The second-order valence-electron chi connectivity index (χ2n) is 3.98. The summed E-state index contributed by atoms with van der Waals surface area (Å²) in [6.45, 7) is 7.79. The molecule has 0 aliphatic heterocycles. The van der Waals surface area contributed by atoms with Crippen LogP contribution in [0.1, 0.15) is 39.2 Å². The van der Waals surface area contributed by atoms with E-state index in [1.165, 1.54) is 12.0 Å². The second kappa shape index (κ2) is 5.16. The van der Waals surface area contributed by atoms with Gasteiger partial charge in [-0.1, -0.05) is 44.2 Å². The molecule has 0 saturated carbocycles. The van der Waals surface area contributed by atoms with Gasteiger partial charge in [0.25, 0.3) is 0 Å². The predicted octanol–water partition coefficient (Wildman–Crippen LogP) is 3.31. The fourth-order valence-corrected chi connectivity index (χ4v) is 1.64. The van der Waals surface area contributed by atoms with E-state index < -0.39 is 0 Å². The molecule has 1 nitrogen and oxygen atoms in total. The molecule has 14 heavy (non-hydrogen) atoms. The first-order valence-corrected chi connectivity index (χ1v) is 5.53. The molecule has 0 aliphatic carbocycles. The van der Waals surface area contributed by atoms with Gasteiger partial charge in [-0.2, -0.15) is 0 Å². The molecule has 1 rings (SSSR count). The number of rotatable bonds is 5. The predicted molar refractivity (Wildman–Crippen MR) is 62.4 cm³/mol. The maximum Gasteiger partial charge on any atom is 0.0403 e. The van der Waals surface area contributed by atoms with Crippen LogP contribution in [-0.4, -0.2) is 6.54 Å². The van der Waals surface area contributed by atoms with Gasteiger partial charge < -0.3 is 5.32 Å². The van der Waals surface area contributed by atoms with Crippen molar-refractivity contribution in [2.24, 2.45) is 0 Å². The molecule has 0 fully saturated rings. The standard InChI is InChI=1S/C13H21N/c1-4-11-14-13(3,5-2)12-9-7-6-8-10-12/h6-10,14H,4-5,11H2,1-3H3. The zero-order chi connectivity index (χ0) is 10.4. The summed E-state index contributed by atoms with van der Waals surface area (Å²) in [5.41, 5.74) is 1.52. The van der Waals surface area contributed by atoms with E-state index in [2.05, 4.69) is 56.4 Å². The minimum atomic E-state index is 0.136. The van der Waals surface area contributed by atoms with Gasteiger partial charge in [-0.15, -0.1) is 0 Å². The number of benzene rings is 1. The molecule has 0 spiro atoms. The van der Waals surface area contributed by atoms with Gasteiger partial charge in [-0.3, -0.25) is 0 Å². The molecule has 0 saturated heterocycles. The maximum atomic E-state index is 3.61. The molecule has 1 heteroatoms. The molecule has 0 heterocycles. The van der Waals surface area contributed by atoms with Crippen molar-refractivity contribution < 1.29 is 0 Å². The zero-order valence-electron chi connectivity index (χ0n) is 9.51. The van der Waals surface area contributed by atoms with E-state index in [9.17, 15) is 0 Å². The summed E-state index contributed by atoms with van der Waals surface area (Å²) in [6.07, 6.45) is 2.30. The van der Waals surface area contributed by atoms with Gasteiger partial charge in [0.2, 0.25) is 0 Å². The summed E-state index contributed by atoms with van der Waals surface area (Å²) in [6, 6.07) is 10.7. The quantitative estimate of drug-likeness (QED) is 0.753. The monoisotopic (exact) mass is 191 g/mol. The van der Waals surface area contributed by atoms with E-state index in [0.717, 1.165) is 13.0 Å². The minimum absolute atomic E-state index is 0.136. The summed E-state index contributed by atoms with van der Waals surface area (Å²) in [5.74, 6) is 0. The van der Waals surface area contributed by atoms with Gasteiger partial charge in [0.1, 0.15) is 0 Å². The second-order valence-corrected chi connectivity index (χ2v) is 3.98. The molecule has 1 unspecified atom stereocenters. The summed E-state index contributed by atoms with van der Waals surface area (Å²) in [4.78, 5) is 0. The maximum absolute atomic E-state index is 3.61. The largest absolute Gasteiger partial charge is 0.308 e. The average molecular weight is 191 g/mol. The number of hydrogen-bond donors (Lipinski definition) is 1. The Morgan fingerprint density at radius 1 is 1.14 bits per heavy atom. The highest BCUT2D eigenvalue weighted by Crippen LogP contribution is 2.23. The van der Waals surface area contributed by atoms with Crippen molar-refractivity contribution in [2.75, 3.05) is 6.54 Å². The first kappa shape index (κ1) is 11.3. The number of nitrogens with one attached hydrogen (secondary N) is 1. The van der Waals surface area contributed by atoms with E-state index in [1.807, 2.05) is 0 Å². The Labute approximate surface area is 87.5 Å². The van der Waals surface area contributed by atoms with Crippen LogP contribution >= 0.6 is 0 Å². The van der Waals surface area contributed by atoms with Crippen LogP contribution in [0.2, 0.25) is 0 Å².